The molecule has 0 atom stereocenters. The maximum Gasteiger partial charge on any atom is 0.104 e. The highest BCUT2D eigenvalue weighted by atomic mass is 35.5. The van der Waals surface area contributed by atoms with E-state index in [2.05, 4.69) is 44.1 Å². The van der Waals surface area contributed by atoms with Crippen LogP contribution in [-0.2, 0) is 6.54 Å². The monoisotopic (exact) mass is 320 g/mol. The maximum absolute atomic E-state index is 6.20. The van der Waals surface area contributed by atoms with Crippen LogP contribution in [0.15, 0.2) is 46.5 Å². The van der Waals surface area contributed by atoms with Gasteiger partial charge in [0.05, 0.1) is 5.02 Å². The van der Waals surface area contributed by atoms with Crippen molar-refractivity contribution in [2.75, 3.05) is 0 Å². The van der Waals surface area contributed by atoms with Gasteiger partial charge in [-0.25, -0.2) is 4.98 Å². The number of nitrogens with zero attached hydrogens (tertiary/aromatic N) is 1. The minimum atomic E-state index is 0.110. The molecule has 2 aromatic rings. The van der Waals surface area contributed by atoms with Gasteiger partial charge in [-0.15, -0.1) is 0 Å². The molecule has 0 fully saturated rings. The van der Waals surface area contributed by atoms with Gasteiger partial charge in [-0.3, -0.25) is 0 Å². The van der Waals surface area contributed by atoms with Crippen LogP contribution in [0.5, 0.6) is 0 Å². The first kappa shape index (κ1) is 16.3. The first-order chi connectivity index (χ1) is 9.85. The summed E-state index contributed by atoms with van der Waals surface area (Å²) in [6.45, 7) is 9.40. The third-order valence-corrected chi connectivity index (χ3v) is 4.59. The van der Waals surface area contributed by atoms with Gasteiger partial charge in [0.25, 0.3) is 0 Å². The number of benzene rings is 1. The van der Waals surface area contributed by atoms with Gasteiger partial charge in [0, 0.05) is 23.2 Å². The Balaban J connectivity index is 2.11. The normalized spacial score (nSPS) is 11.7. The molecule has 1 heterocycles. The molecule has 0 aliphatic rings. The van der Waals surface area contributed by atoms with Crippen molar-refractivity contribution < 1.29 is 0 Å². The Kier molecular flexibility index (Phi) is 5.31. The molecule has 1 N–H and O–H groups in total. The van der Waals surface area contributed by atoms with Crippen molar-refractivity contribution in [3.05, 3.63) is 52.7 Å². The Bertz CT molecular complexity index is 620. The number of hydrogen-bond donors (Lipinski definition) is 1. The van der Waals surface area contributed by atoms with Gasteiger partial charge < -0.3 is 5.32 Å². The highest BCUT2D eigenvalue weighted by Gasteiger charge is 2.10. The van der Waals surface area contributed by atoms with Gasteiger partial charge in [-0.2, -0.15) is 0 Å². The summed E-state index contributed by atoms with van der Waals surface area (Å²) in [5, 5.41) is 5.24. The molecule has 0 unspecified atom stereocenters. The molecule has 0 aliphatic carbocycles. The van der Waals surface area contributed by atoms with Crippen LogP contribution in [0.1, 0.15) is 31.9 Å². The van der Waals surface area contributed by atoms with Crippen LogP contribution >= 0.6 is 23.4 Å². The molecule has 2 rings (SSSR count). The highest BCUT2D eigenvalue weighted by Crippen LogP contribution is 2.33. The lowest BCUT2D eigenvalue weighted by Crippen LogP contribution is -2.35. The van der Waals surface area contributed by atoms with E-state index in [4.69, 9.17) is 11.6 Å². The number of pyridine rings is 1. The molecule has 0 bridgehead atoms. The predicted octanol–water partition coefficient (Wildman–Crippen LogP) is 5.08. The molecule has 112 valence electrons. The quantitative estimate of drug-likeness (QED) is 0.850. The van der Waals surface area contributed by atoms with Crippen LogP contribution in [0, 0.1) is 6.92 Å². The molecular formula is C17H21ClN2S. The van der Waals surface area contributed by atoms with Crippen LogP contribution in [-0.4, -0.2) is 10.5 Å². The SMILES string of the molecule is Cc1cc(CNC(C)(C)C)cnc1Sc1ccccc1Cl. The van der Waals surface area contributed by atoms with Crippen molar-refractivity contribution in [3.8, 4) is 0 Å². The van der Waals surface area contributed by atoms with Crippen LogP contribution in [0.3, 0.4) is 0 Å². The van der Waals surface area contributed by atoms with Gasteiger partial charge in [-0.1, -0.05) is 41.6 Å². The molecule has 0 radical (unpaired) electrons. The summed E-state index contributed by atoms with van der Waals surface area (Å²) in [6, 6.07) is 10.0. The summed E-state index contributed by atoms with van der Waals surface area (Å²) in [7, 11) is 0. The highest BCUT2D eigenvalue weighted by molar-refractivity contribution is 7.99. The second-order valence-corrected chi connectivity index (χ2v) is 7.54. The molecule has 1 aromatic heterocycles. The zero-order chi connectivity index (χ0) is 15.5. The summed E-state index contributed by atoms with van der Waals surface area (Å²) in [5.74, 6) is 0. The number of hydrogen-bond acceptors (Lipinski definition) is 3. The van der Waals surface area contributed by atoms with Crippen molar-refractivity contribution in [1.82, 2.24) is 10.3 Å². The lowest BCUT2D eigenvalue weighted by Gasteiger charge is -2.20. The van der Waals surface area contributed by atoms with Gasteiger partial charge in [0.2, 0.25) is 0 Å². The molecule has 0 aliphatic heterocycles. The second-order valence-electron chi connectivity index (χ2n) is 6.10. The number of aryl methyl sites for hydroxylation is 1. The van der Waals surface area contributed by atoms with E-state index in [1.807, 2.05) is 30.5 Å². The van der Waals surface area contributed by atoms with E-state index < -0.39 is 0 Å². The summed E-state index contributed by atoms with van der Waals surface area (Å²) in [4.78, 5) is 5.62. The lowest BCUT2D eigenvalue weighted by molar-refractivity contribution is 0.424. The van der Waals surface area contributed by atoms with E-state index in [0.29, 0.717) is 0 Å². The minimum absolute atomic E-state index is 0.110. The topological polar surface area (TPSA) is 24.9 Å². The van der Waals surface area contributed by atoms with Crippen molar-refractivity contribution in [3.63, 3.8) is 0 Å². The van der Waals surface area contributed by atoms with E-state index in [0.717, 1.165) is 21.5 Å². The average Bonchev–Trinajstić information content (AvgIpc) is 2.41. The maximum atomic E-state index is 6.20. The Morgan fingerprint density at radius 1 is 1.24 bits per heavy atom. The van der Waals surface area contributed by atoms with Crippen molar-refractivity contribution in [1.29, 1.82) is 0 Å². The van der Waals surface area contributed by atoms with Gasteiger partial charge in [0.1, 0.15) is 5.03 Å². The molecule has 0 saturated carbocycles. The molecule has 0 spiro atoms. The fourth-order valence-corrected chi connectivity index (χ4v) is 2.92. The first-order valence-electron chi connectivity index (χ1n) is 6.98. The Morgan fingerprint density at radius 3 is 2.57 bits per heavy atom. The molecule has 21 heavy (non-hydrogen) atoms. The third-order valence-electron chi connectivity index (χ3n) is 2.95. The summed E-state index contributed by atoms with van der Waals surface area (Å²) in [5.41, 5.74) is 2.48. The Morgan fingerprint density at radius 2 is 1.95 bits per heavy atom. The van der Waals surface area contributed by atoms with E-state index in [-0.39, 0.29) is 5.54 Å². The van der Waals surface area contributed by atoms with Crippen molar-refractivity contribution in [2.24, 2.45) is 0 Å². The number of halogens is 1. The summed E-state index contributed by atoms with van der Waals surface area (Å²) >= 11 is 7.81. The van der Waals surface area contributed by atoms with Gasteiger partial charge in [0.15, 0.2) is 0 Å². The molecule has 1 aromatic carbocycles. The van der Waals surface area contributed by atoms with Crippen LogP contribution < -0.4 is 5.32 Å². The largest absolute Gasteiger partial charge is 0.308 e. The van der Waals surface area contributed by atoms with E-state index in [1.54, 1.807) is 11.8 Å². The van der Waals surface area contributed by atoms with Crippen LogP contribution in [0.25, 0.3) is 0 Å². The fourth-order valence-electron chi connectivity index (χ4n) is 1.82. The molecule has 2 nitrogen and oxygen atoms in total. The predicted molar refractivity (Wildman–Crippen MR) is 91.1 cm³/mol. The summed E-state index contributed by atoms with van der Waals surface area (Å²) < 4.78 is 0. The number of rotatable bonds is 4. The van der Waals surface area contributed by atoms with Crippen LogP contribution in [0.4, 0.5) is 0 Å². The third kappa shape index (κ3) is 5.03. The Hall–Kier alpha value is -1.03. The van der Waals surface area contributed by atoms with E-state index >= 15 is 0 Å². The van der Waals surface area contributed by atoms with Gasteiger partial charge in [-0.05, 0) is 51.0 Å². The second kappa shape index (κ2) is 6.82. The first-order valence-corrected chi connectivity index (χ1v) is 8.17. The lowest BCUT2D eigenvalue weighted by atomic mass is 10.1. The zero-order valence-corrected chi connectivity index (χ0v) is 14.5. The molecule has 0 amide bonds. The van der Waals surface area contributed by atoms with Crippen LogP contribution in [0.2, 0.25) is 5.02 Å². The molecular weight excluding hydrogens is 300 g/mol. The van der Waals surface area contributed by atoms with E-state index in [9.17, 15) is 0 Å². The smallest absolute Gasteiger partial charge is 0.104 e. The molecule has 0 saturated heterocycles. The van der Waals surface area contributed by atoms with E-state index in [1.165, 1.54) is 11.1 Å². The average molecular weight is 321 g/mol. The number of aromatic nitrogens is 1. The standard InChI is InChI=1S/C17H21ClN2S/c1-12-9-13(11-20-17(2,3)4)10-19-16(12)21-15-8-6-5-7-14(15)18/h5-10,20H,11H2,1-4H3. The summed E-state index contributed by atoms with van der Waals surface area (Å²) in [6.07, 6.45) is 1.94. The van der Waals surface area contributed by atoms with Gasteiger partial charge >= 0.3 is 0 Å². The molecule has 4 heteroatoms. The fraction of sp³-hybridized carbons (Fsp3) is 0.353. The van der Waals surface area contributed by atoms with Crippen molar-refractivity contribution in [2.45, 2.75) is 49.7 Å². The zero-order valence-electron chi connectivity index (χ0n) is 12.9. The minimum Gasteiger partial charge on any atom is -0.308 e. The Labute approximate surface area is 136 Å². The van der Waals surface area contributed by atoms with Crippen molar-refractivity contribution >= 4 is 23.4 Å². The number of nitrogens with one attached hydrogen (secondary N) is 1.